The molecule has 92 valence electrons. The number of hydrogen-bond donors (Lipinski definition) is 2. The van der Waals surface area contributed by atoms with Crippen LogP contribution in [0.2, 0.25) is 0 Å². The molecule has 2 atom stereocenters. The van der Waals surface area contributed by atoms with E-state index in [0.29, 0.717) is 5.69 Å². The number of carbonyl (C=O) groups excluding carboxylic acids is 1. The summed E-state index contributed by atoms with van der Waals surface area (Å²) in [6, 6.07) is 3.40. The highest BCUT2D eigenvalue weighted by Gasteiger charge is 2.25. The number of nitrogens with zero attached hydrogens (tertiary/aromatic N) is 1. The van der Waals surface area contributed by atoms with Crippen molar-refractivity contribution in [2.45, 2.75) is 20.8 Å². The van der Waals surface area contributed by atoms with Crippen LogP contribution in [0.4, 0.5) is 5.69 Å². The monoisotopic (exact) mass is 236 g/mol. The van der Waals surface area contributed by atoms with Crippen molar-refractivity contribution in [3.63, 3.8) is 0 Å². The van der Waals surface area contributed by atoms with E-state index in [0.717, 1.165) is 5.69 Å². The van der Waals surface area contributed by atoms with E-state index in [-0.39, 0.29) is 5.91 Å². The molecule has 1 aromatic heterocycles. The molecule has 1 heterocycles. The molecule has 0 radical (unpaired) electrons. The molecule has 0 aromatic carbocycles. The van der Waals surface area contributed by atoms with Crippen molar-refractivity contribution in [1.29, 1.82) is 0 Å². The Balaban J connectivity index is 2.69. The van der Waals surface area contributed by atoms with Crippen molar-refractivity contribution in [2.75, 3.05) is 5.32 Å². The first-order valence-corrected chi connectivity index (χ1v) is 5.38. The van der Waals surface area contributed by atoms with Crippen LogP contribution in [-0.4, -0.2) is 22.0 Å². The minimum absolute atomic E-state index is 0.300. The second-order valence-corrected chi connectivity index (χ2v) is 4.09. The lowest BCUT2D eigenvalue weighted by Gasteiger charge is -2.15. The number of amides is 1. The highest BCUT2D eigenvalue weighted by atomic mass is 16.4. The molecule has 0 bridgehead atoms. The Morgan fingerprint density at radius 3 is 2.53 bits per heavy atom. The van der Waals surface area contributed by atoms with Gasteiger partial charge in [-0.2, -0.15) is 0 Å². The quantitative estimate of drug-likeness (QED) is 0.833. The van der Waals surface area contributed by atoms with Gasteiger partial charge in [0, 0.05) is 23.5 Å². The van der Waals surface area contributed by atoms with Gasteiger partial charge in [-0.1, -0.05) is 13.8 Å². The number of aryl methyl sites for hydroxylation is 1. The third kappa shape index (κ3) is 3.55. The van der Waals surface area contributed by atoms with E-state index in [4.69, 9.17) is 5.11 Å². The molecule has 5 heteroatoms. The highest BCUT2D eigenvalue weighted by molar-refractivity contribution is 5.94. The van der Waals surface area contributed by atoms with Crippen LogP contribution >= 0.6 is 0 Å². The second kappa shape index (κ2) is 5.43. The largest absolute Gasteiger partial charge is 0.481 e. The Morgan fingerprint density at radius 2 is 2.00 bits per heavy atom. The molecule has 0 saturated carbocycles. The SMILES string of the molecule is Cc1cc(NC(=O)C(C)C(C)C(=O)O)ccn1. The Bertz CT molecular complexity index is 432. The predicted molar refractivity (Wildman–Crippen MR) is 63.6 cm³/mol. The van der Waals surface area contributed by atoms with Crippen molar-refractivity contribution >= 4 is 17.6 Å². The number of carboxylic acid groups (broad SMARTS) is 1. The maximum Gasteiger partial charge on any atom is 0.307 e. The third-order valence-corrected chi connectivity index (χ3v) is 2.72. The zero-order valence-corrected chi connectivity index (χ0v) is 10.1. The lowest BCUT2D eigenvalue weighted by atomic mass is 9.95. The summed E-state index contributed by atoms with van der Waals surface area (Å²) in [6.45, 7) is 4.94. The summed E-state index contributed by atoms with van der Waals surface area (Å²) in [5.74, 6) is -2.57. The summed E-state index contributed by atoms with van der Waals surface area (Å²) < 4.78 is 0. The standard InChI is InChI=1S/C12H16N2O3/c1-7-6-10(4-5-13-7)14-11(15)8(2)9(3)12(16)17/h4-6,8-9H,1-3H3,(H,16,17)(H,13,14,15). The fourth-order valence-electron chi connectivity index (χ4n) is 1.32. The van der Waals surface area contributed by atoms with Crippen molar-refractivity contribution in [3.05, 3.63) is 24.0 Å². The number of anilines is 1. The number of rotatable bonds is 4. The first-order valence-electron chi connectivity index (χ1n) is 5.38. The summed E-state index contributed by atoms with van der Waals surface area (Å²) in [5.41, 5.74) is 1.42. The Kier molecular flexibility index (Phi) is 4.20. The van der Waals surface area contributed by atoms with Gasteiger partial charge >= 0.3 is 5.97 Å². The van der Waals surface area contributed by atoms with Gasteiger partial charge in [0.25, 0.3) is 0 Å². The van der Waals surface area contributed by atoms with Crippen LogP contribution in [0.5, 0.6) is 0 Å². The van der Waals surface area contributed by atoms with Crippen molar-refractivity contribution in [2.24, 2.45) is 11.8 Å². The number of aromatic nitrogens is 1. The first kappa shape index (κ1) is 13.2. The molecular formula is C12H16N2O3. The fourth-order valence-corrected chi connectivity index (χ4v) is 1.32. The number of hydrogen-bond acceptors (Lipinski definition) is 3. The third-order valence-electron chi connectivity index (χ3n) is 2.72. The number of carbonyl (C=O) groups is 2. The zero-order valence-electron chi connectivity index (χ0n) is 10.1. The lowest BCUT2D eigenvalue weighted by molar-refractivity contribution is -0.145. The summed E-state index contributed by atoms with van der Waals surface area (Å²) in [5, 5.41) is 11.5. The second-order valence-electron chi connectivity index (χ2n) is 4.09. The maximum absolute atomic E-state index is 11.8. The van der Waals surface area contributed by atoms with Crippen LogP contribution in [0.15, 0.2) is 18.3 Å². The van der Waals surface area contributed by atoms with Crippen LogP contribution in [0.1, 0.15) is 19.5 Å². The molecule has 2 N–H and O–H groups in total. The van der Waals surface area contributed by atoms with Gasteiger partial charge in [-0.25, -0.2) is 0 Å². The summed E-state index contributed by atoms with van der Waals surface area (Å²) in [4.78, 5) is 26.5. The van der Waals surface area contributed by atoms with Crippen LogP contribution in [0.25, 0.3) is 0 Å². The van der Waals surface area contributed by atoms with E-state index in [9.17, 15) is 9.59 Å². The summed E-state index contributed by atoms with van der Waals surface area (Å²) in [7, 11) is 0. The van der Waals surface area contributed by atoms with Gasteiger partial charge in [0.2, 0.25) is 5.91 Å². The number of carboxylic acids is 1. The van der Waals surface area contributed by atoms with Crippen LogP contribution < -0.4 is 5.32 Å². The highest BCUT2D eigenvalue weighted by Crippen LogP contribution is 2.15. The molecule has 5 nitrogen and oxygen atoms in total. The maximum atomic E-state index is 11.8. The number of nitrogens with one attached hydrogen (secondary N) is 1. The number of aliphatic carboxylic acids is 1. The van der Waals surface area contributed by atoms with Crippen LogP contribution in [0, 0.1) is 18.8 Å². The van der Waals surface area contributed by atoms with Crippen molar-refractivity contribution in [1.82, 2.24) is 4.98 Å². The predicted octanol–water partition coefficient (Wildman–Crippen LogP) is 1.69. The van der Waals surface area contributed by atoms with Gasteiger partial charge in [-0.05, 0) is 19.1 Å². The van der Waals surface area contributed by atoms with E-state index in [1.165, 1.54) is 6.92 Å². The number of pyridine rings is 1. The topological polar surface area (TPSA) is 79.3 Å². The fraction of sp³-hybridized carbons (Fsp3) is 0.417. The van der Waals surface area contributed by atoms with Gasteiger partial charge in [-0.3, -0.25) is 14.6 Å². The van der Waals surface area contributed by atoms with E-state index in [2.05, 4.69) is 10.3 Å². The molecule has 0 aliphatic carbocycles. The lowest BCUT2D eigenvalue weighted by Crippen LogP contribution is -2.29. The minimum Gasteiger partial charge on any atom is -0.481 e. The average Bonchev–Trinajstić information content (AvgIpc) is 2.26. The molecule has 0 fully saturated rings. The molecular weight excluding hydrogens is 220 g/mol. The molecule has 0 aliphatic rings. The van der Waals surface area contributed by atoms with Gasteiger partial charge in [0.15, 0.2) is 0 Å². The van der Waals surface area contributed by atoms with Gasteiger partial charge < -0.3 is 10.4 Å². The molecule has 2 unspecified atom stereocenters. The molecule has 0 aliphatic heterocycles. The average molecular weight is 236 g/mol. The molecule has 1 aromatic rings. The first-order chi connectivity index (χ1) is 7.91. The molecule has 0 saturated heterocycles. The van der Waals surface area contributed by atoms with Gasteiger partial charge in [0.05, 0.1) is 5.92 Å². The van der Waals surface area contributed by atoms with Gasteiger partial charge in [0.1, 0.15) is 0 Å². The Labute approximate surface area is 99.9 Å². The minimum atomic E-state index is -0.974. The Morgan fingerprint density at radius 1 is 1.35 bits per heavy atom. The van der Waals surface area contributed by atoms with E-state index < -0.39 is 17.8 Å². The molecule has 1 rings (SSSR count). The van der Waals surface area contributed by atoms with E-state index in [1.54, 1.807) is 25.3 Å². The molecule has 1 amide bonds. The molecule has 17 heavy (non-hydrogen) atoms. The summed E-state index contributed by atoms with van der Waals surface area (Å²) >= 11 is 0. The van der Waals surface area contributed by atoms with E-state index in [1.807, 2.05) is 6.92 Å². The smallest absolute Gasteiger partial charge is 0.307 e. The summed E-state index contributed by atoms with van der Waals surface area (Å²) in [6.07, 6.45) is 1.59. The zero-order chi connectivity index (χ0) is 13.0. The van der Waals surface area contributed by atoms with Crippen LogP contribution in [-0.2, 0) is 9.59 Å². The van der Waals surface area contributed by atoms with E-state index >= 15 is 0 Å². The van der Waals surface area contributed by atoms with Crippen molar-refractivity contribution in [3.8, 4) is 0 Å². The van der Waals surface area contributed by atoms with Gasteiger partial charge in [-0.15, -0.1) is 0 Å². The Hall–Kier alpha value is -1.91. The molecule has 0 spiro atoms. The van der Waals surface area contributed by atoms with Crippen molar-refractivity contribution < 1.29 is 14.7 Å². The van der Waals surface area contributed by atoms with Crippen LogP contribution in [0.3, 0.4) is 0 Å². The normalized spacial score (nSPS) is 13.8.